The summed E-state index contributed by atoms with van der Waals surface area (Å²) < 4.78 is 18.5. The average molecular weight is 312 g/mol. The maximum atomic E-state index is 13.3. The van der Waals surface area contributed by atoms with Crippen molar-refractivity contribution in [3.8, 4) is 0 Å². The van der Waals surface area contributed by atoms with Crippen LogP contribution in [-0.2, 0) is 0 Å². The summed E-state index contributed by atoms with van der Waals surface area (Å²) in [4.78, 5) is 17.6. The van der Waals surface area contributed by atoms with Crippen LogP contribution < -0.4 is 0 Å². The van der Waals surface area contributed by atoms with Gasteiger partial charge in [-0.3, -0.25) is 4.79 Å². The van der Waals surface area contributed by atoms with Crippen LogP contribution >= 0.6 is 0 Å². The van der Waals surface area contributed by atoms with Crippen molar-refractivity contribution in [1.29, 1.82) is 0 Å². The largest absolute Gasteiger partial charge is 0.459 e. The lowest BCUT2D eigenvalue weighted by Crippen LogP contribution is -2.39. The lowest BCUT2D eigenvalue weighted by atomic mass is 9.94. The number of rotatable bonds is 2. The number of carbonyl (C=O) groups is 1. The first-order valence-corrected chi connectivity index (χ1v) is 7.81. The number of piperidine rings is 1. The lowest BCUT2D eigenvalue weighted by Gasteiger charge is -2.31. The van der Waals surface area contributed by atoms with Crippen molar-refractivity contribution in [3.05, 3.63) is 59.9 Å². The Hall–Kier alpha value is -2.56. The topological polar surface area (TPSA) is 49.2 Å². The van der Waals surface area contributed by atoms with Crippen molar-refractivity contribution in [2.75, 3.05) is 13.1 Å². The Kier molecular flexibility index (Phi) is 3.41. The second-order valence-corrected chi connectivity index (χ2v) is 6.02. The van der Waals surface area contributed by atoms with Crippen molar-refractivity contribution >= 4 is 16.8 Å². The van der Waals surface area contributed by atoms with Crippen LogP contribution in [0.15, 0.2) is 47.1 Å². The molecule has 1 N–H and O–H groups in total. The van der Waals surface area contributed by atoms with Crippen molar-refractivity contribution in [2.45, 2.75) is 18.8 Å². The molecule has 118 valence electrons. The minimum atomic E-state index is -0.235. The molecule has 0 aliphatic carbocycles. The Morgan fingerprint density at radius 1 is 1.30 bits per heavy atom. The highest BCUT2D eigenvalue weighted by atomic mass is 19.1. The standard InChI is InChI=1S/C18H17FN2O2/c19-14-5-6-15-13(9-14)10-16(20-15)12-3-1-7-21(11-12)18(22)17-4-2-8-23-17/h2,4-6,8-10,12,20H,1,3,7,11H2. The first-order chi connectivity index (χ1) is 11.2. The van der Waals surface area contributed by atoms with Crippen LogP contribution in [0.1, 0.15) is 35.0 Å². The molecule has 4 rings (SSSR count). The maximum Gasteiger partial charge on any atom is 0.289 e. The van der Waals surface area contributed by atoms with E-state index in [1.165, 1.54) is 18.4 Å². The molecule has 1 fully saturated rings. The molecule has 0 bridgehead atoms. The van der Waals surface area contributed by atoms with Gasteiger partial charge in [0, 0.05) is 35.6 Å². The maximum absolute atomic E-state index is 13.3. The second-order valence-electron chi connectivity index (χ2n) is 6.02. The van der Waals surface area contributed by atoms with E-state index < -0.39 is 0 Å². The summed E-state index contributed by atoms with van der Waals surface area (Å²) in [5, 5.41) is 0.870. The molecule has 0 spiro atoms. The minimum Gasteiger partial charge on any atom is -0.459 e. The second kappa shape index (κ2) is 5.57. The summed E-state index contributed by atoms with van der Waals surface area (Å²) in [5.74, 6) is 0.311. The van der Waals surface area contributed by atoms with Gasteiger partial charge < -0.3 is 14.3 Å². The van der Waals surface area contributed by atoms with Gasteiger partial charge in [0.2, 0.25) is 0 Å². The molecule has 4 nitrogen and oxygen atoms in total. The Morgan fingerprint density at radius 3 is 3.04 bits per heavy atom. The number of amides is 1. The summed E-state index contributed by atoms with van der Waals surface area (Å²) in [6.07, 6.45) is 3.47. The third-order valence-corrected chi connectivity index (χ3v) is 4.48. The van der Waals surface area contributed by atoms with Gasteiger partial charge in [-0.2, -0.15) is 0 Å². The number of nitrogens with zero attached hydrogens (tertiary/aromatic N) is 1. The van der Waals surface area contributed by atoms with Crippen LogP contribution in [0.5, 0.6) is 0 Å². The molecule has 23 heavy (non-hydrogen) atoms. The van der Waals surface area contributed by atoms with Crippen LogP contribution in [0, 0.1) is 5.82 Å². The van der Waals surface area contributed by atoms with Gasteiger partial charge in [-0.15, -0.1) is 0 Å². The summed E-state index contributed by atoms with van der Waals surface area (Å²) in [6, 6.07) is 10.1. The van der Waals surface area contributed by atoms with Crippen LogP contribution in [0.4, 0.5) is 4.39 Å². The highest BCUT2D eigenvalue weighted by Crippen LogP contribution is 2.30. The highest BCUT2D eigenvalue weighted by molar-refractivity contribution is 5.91. The molecule has 0 saturated carbocycles. The quantitative estimate of drug-likeness (QED) is 0.779. The lowest BCUT2D eigenvalue weighted by molar-refractivity contribution is 0.0674. The summed E-state index contributed by atoms with van der Waals surface area (Å²) in [7, 11) is 0. The van der Waals surface area contributed by atoms with Crippen LogP contribution in [-0.4, -0.2) is 28.9 Å². The van der Waals surface area contributed by atoms with E-state index in [9.17, 15) is 9.18 Å². The number of hydrogen-bond donors (Lipinski definition) is 1. The third-order valence-electron chi connectivity index (χ3n) is 4.48. The number of likely N-dealkylation sites (tertiary alicyclic amines) is 1. The highest BCUT2D eigenvalue weighted by Gasteiger charge is 2.27. The van der Waals surface area contributed by atoms with Crippen molar-refractivity contribution < 1.29 is 13.6 Å². The van der Waals surface area contributed by atoms with E-state index in [0.29, 0.717) is 12.3 Å². The van der Waals surface area contributed by atoms with E-state index >= 15 is 0 Å². The molecule has 1 unspecified atom stereocenters. The fourth-order valence-electron chi connectivity index (χ4n) is 3.32. The van der Waals surface area contributed by atoms with Gasteiger partial charge >= 0.3 is 0 Å². The predicted molar refractivity (Wildman–Crippen MR) is 84.8 cm³/mol. The van der Waals surface area contributed by atoms with Gasteiger partial charge in [-0.05, 0) is 49.2 Å². The molecule has 3 heterocycles. The van der Waals surface area contributed by atoms with E-state index in [1.54, 1.807) is 18.2 Å². The number of benzene rings is 1. The van der Waals surface area contributed by atoms with E-state index in [4.69, 9.17) is 4.42 Å². The molecular formula is C18H17FN2O2. The molecule has 5 heteroatoms. The fraction of sp³-hybridized carbons (Fsp3) is 0.278. The molecular weight excluding hydrogens is 295 g/mol. The monoisotopic (exact) mass is 312 g/mol. The van der Waals surface area contributed by atoms with E-state index in [2.05, 4.69) is 4.98 Å². The van der Waals surface area contributed by atoms with Crippen LogP contribution in [0.2, 0.25) is 0 Å². The van der Waals surface area contributed by atoms with E-state index in [1.807, 2.05) is 11.0 Å². The number of nitrogens with one attached hydrogen (secondary N) is 1. The summed E-state index contributed by atoms with van der Waals surface area (Å²) in [5.41, 5.74) is 1.98. The number of fused-ring (bicyclic) bond motifs is 1. The zero-order valence-electron chi connectivity index (χ0n) is 12.6. The SMILES string of the molecule is O=C(c1ccco1)N1CCCC(c2cc3cc(F)ccc3[nH]2)C1. The molecule has 1 atom stereocenters. The molecule has 1 aliphatic rings. The number of furan rings is 1. The Morgan fingerprint density at radius 2 is 2.22 bits per heavy atom. The molecule has 1 aromatic carbocycles. The van der Waals surface area contributed by atoms with Gasteiger partial charge in [0.1, 0.15) is 5.82 Å². The van der Waals surface area contributed by atoms with Crippen molar-refractivity contribution in [1.82, 2.24) is 9.88 Å². The number of H-pyrrole nitrogens is 1. The normalized spacial score (nSPS) is 18.5. The number of hydrogen-bond acceptors (Lipinski definition) is 2. The van der Waals surface area contributed by atoms with Crippen LogP contribution in [0.25, 0.3) is 10.9 Å². The summed E-state index contributed by atoms with van der Waals surface area (Å²) in [6.45, 7) is 1.39. The zero-order valence-corrected chi connectivity index (χ0v) is 12.6. The molecule has 2 aromatic heterocycles. The number of carbonyl (C=O) groups excluding carboxylic acids is 1. The zero-order chi connectivity index (χ0) is 15.8. The minimum absolute atomic E-state index is 0.0677. The van der Waals surface area contributed by atoms with Crippen LogP contribution in [0.3, 0.4) is 0 Å². The Balaban J connectivity index is 1.57. The fourth-order valence-corrected chi connectivity index (χ4v) is 3.32. The van der Waals surface area contributed by atoms with E-state index in [-0.39, 0.29) is 17.6 Å². The van der Waals surface area contributed by atoms with Gasteiger partial charge in [-0.1, -0.05) is 0 Å². The molecule has 1 saturated heterocycles. The molecule has 1 aliphatic heterocycles. The van der Waals surface area contributed by atoms with Crippen molar-refractivity contribution in [3.63, 3.8) is 0 Å². The molecule has 0 radical (unpaired) electrons. The van der Waals surface area contributed by atoms with Gasteiger partial charge in [-0.25, -0.2) is 4.39 Å². The van der Waals surface area contributed by atoms with Gasteiger partial charge in [0.05, 0.1) is 6.26 Å². The third kappa shape index (κ3) is 2.63. The Labute approximate surface area is 132 Å². The van der Waals surface area contributed by atoms with Gasteiger partial charge in [0.15, 0.2) is 5.76 Å². The smallest absolute Gasteiger partial charge is 0.289 e. The number of aromatic amines is 1. The number of halogens is 1. The van der Waals surface area contributed by atoms with Crippen molar-refractivity contribution in [2.24, 2.45) is 0 Å². The first kappa shape index (κ1) is 14.1. The molecule has 3 aromatic rings. The average Bonchev–Trinajstić information content (AvgIpc) is 3.23. The van der Waals surface area contributed by atoms with Gasteiger partial charge in [0.25, 0.3) is 5.91 Å². The summed E-state index contributed by atoms with van der Waals surface area (Å²) >= 11 is 0. The predicted octanol–water partition coefficient (Wildman–Crippen LogP) is 3.92. The van der Waals surface area contributed by atoms with E-state index in [0.717, 1.165) is 36.0 Å². The molecule has 1 amide bonds. The number of aromatic nitrogens is 1. The Bertz CT molecular complexity index is 838. The first-order valence-electron chi connectivity index (χ1n) is 7.81.